The van der Waals surface area contributed by atoms with E-state index >= 15 is 0 Å². The van der Waals surface area contributed by atoms with E-state index in [4.69, 9.17) is 5.26 Å². The smallest absolute Gasteiger partial charge is 0.204 e. The van der Waals surface area contributed by atoms with Gasteiger partial charge < -0.3 is 10.3 Å². The van der Waals surface area contributed by atoms with Crippen LogP contribution in [0.4, 0.5) is 0 Å². The van der Waals surface area contributed by atoms with Crippen molar-refractivity contribution in [1.82, 2.24) is 20.6 Å². The fourth-order valence-corrected chi connectivity index (χ4v) is 2.05. The maximum atomic E-state index is 8.43. The molecule has 18 heavy (non-hydrogen) atoms. The first-order chi connectivity index (χ1) is 8.27. The van der Waals surface area contributed by atoms with Gasteiger partial charge in [0.05, 0.1) is 12.0 Å². The number of hydrogen-bond donors (Lipinski definition) is 3. The molecule has 0 saturated heterocycles. The normalized spacial score (nSPS) is 10.4. The zero-order chi connectivity index (χ0) is 12.5. The average molecular weight is 380 g/mol. The molecule has 0 aliphatic rings. The van der Waals surface area contributed by atoms with Crippen LogP contribution in [0.15, 0.2) is 11.3 Å². The summed E-state index contributed by atoms with van der Waals surface area (Å²) in [5, 5.41) is 13.9. The van der Waals surface area contributed by atoms with E-state index in [0.717, 1.165) is 29.4 Å². The van der Waals surface area contributed by atoms with Crippen molar-refractivity contribution < 1.29 is 0 Å². The lowest BCUT2D eigenvalue weighted by Gasteiger charge is -2.06. The lowest BCUT2D eigenvalue weighted by atomic mass is 10.4. The van der Waals surface area contributed by atoms with Gasteiger partial charge in [0.25, 0.3) is 0 Å². The standard InChI is InChI=1S/C10H16N6S.HI/c1-8-9(16-7-15-8)5-17-4-3-13-10(12-2)14-6-11;/h7H,3-5H2,1-2H3,(H,15,16)(H2,12,13,14);1H. The minimum atomic E-state index is 0. The predicted octanol–water partition coefficient (Wildman–Crippen LogP) is 1.22. The second-order valence-corrected chi connectivity index (χ2v) is 4.37. The molecule has 0 bridgehead atoms. The molecular formula is C10H17IN6S. The fourth-order valence-electron chi connectivity index (χ4n) is 1.18. The first kappa shape index (κ1) is 17.1. The second kappa shape index (κ2) is 10.0. The van der Waals surface area contributed by atoms with Gasteiger partial charge in [-0.25, -0.2) is 4.98 Å². The van der Waals surface area contributed by atoms with Gasteiger partial charge in [0.1, 0.15) is 0 Å². The van der Waals surface area contributed by atoms with Crippen LogP contribution in [0.1, 0.15) is 11.4 Å². The van der Waals surface area contributed by atoms with Crippen molar-refractivity contribution in [2.45, 2.75) is 12.7 Å². The number of nitriles is 1. The summed E-state index contributed by atoms with van der Waals surface area (Å²) in [5.41, 5.74) is 2.21. The number of guanidine groups is 1. The number of nitrogens with one attached hydrogen (secondary N) is 3. The molecule has 1 heterocycles. The van der Waals surface area contributed by atoms with Crippen molar-refractivity contribution in [2.75, 3.05) is 19.3 Å². The Labute approximate surface area is 128 Å². The first-order valence-corrected chi connectivity index (χ1v) is 6.35. The van der Waals surface area contributed by atoms with Crippen LogP contribution in [0.3, 0.4) is 0 Å². The molecule has 0 aromatic carbocycles. The Morgan fingerprint density at radius 2 is 2.44 bits per heavy atom. The number of aromatic amines is 1. The Kier molecular flexibility index (Phi) is 9.49. The van der Waals surface area contributed by atoms with E-state index < -0.39 is 0 Å². The van der Waals surface area contributed by atoms with Crippen LogP contribution in [-0.2, 0) is 5.75 Å². The predicted molar refractivity (Wildman–Crippen MR) is 85.0 cm³/mol. The molecule has 0 atom stereocenters. The van der Waals surface area contributed by atoms with Crippen molar-refractivity contribution >= 4 is 41.7 Å². The van der Waals surface area contributed by atoms with E-state index in [1.807, 2.05) is 13.1 Å². The highest BCUT2D eigenvalue weighted by atomic mass is 127. The molecule has 1 aromatic heterocycles. The number of thioether (sulfide) groups is 1. The minimum absolute atomic E-state index is 0. The molecule has 100 valence electrons. The molecule has 1 rings (SSSR count). The van der Waals surface area contributed by atoms with E-state index in [0.29, 0.717) is 5.96 Å². The number of rotatable bonds is 5. The molecule has 0 fully saturated rings. The fraction of sp³-hybridized carbons (Fsp3) is 0.500. The first-order valence-electron chi connectivity index (χ1n) is 5.20. The number of imidazole rings is 1. The Morgan fingerprint density at radius 3 is 3.00 bits per heavy atom. The zero-order valence-corrected chi connectivity index (χ0v) is 13.5. The van der Waals surface area contributed by atoms with Gasteiger partial charge in [-0.05, 0) is 6.92 Å². The summed E-state index contributed by atoms with van der Waals surface area (Å²) in [6.07, 6.45) is 3.54. The van der Waals surface area contributed by atoms with Gasteiger partial charge in [0.15, 0.2) is 6.19 Å². The number of aliphatic imine (C=N–C) groups is 1. The SMILES string of the molecule is C/N=C(\NC#N)NCCSCc1nc[nH]c1C.I. The molecule has 6 nitrogen and oxygen atoms in total. The summed E-state index contributed by atoms with van der Waals surface area (Å²) < 4.78 is 0. The molecule has 8 heteroatoms. The quantitative estimate of drug-likeness (QED) is 0.179. The van der Waals surface area contributed by atoms with Gasteiger partial charge >= 0.3 is 0 Å². The van der Waals surface area contributed by atoms with Gasteiger partial charge in [-0.2, -0.15) is 17.0 Å². The third kappa shape index (κ3) is 6.11. The number of aryl methyl sites for hydroxylation is 1. The summed E-state index contributed by atoms with van der Waals surface area (Å²) in [6, 6.07) is 0. The largest absolute Gasteiger partial charge is 0.355 e. The molecule has 1 aromatic rings. The van der Waals surface area contributed by atoms with Crippen molar-refractivity contribution in [1.29, 1.82) is 5.26 Å². The van der Waals surface area contributed by atoms with E-state index in [1.54, 1.807) is 25.1 Å². The van der Waals surface area contributed by atoms with E-state index in [1.165, 1.54) is 0 Å². The van der Waals surface area contributed by atoms with Gasteiger partial charge in [0, 0.05) is 30.8 Å². The van der Waals surface area contributed by atoms with Crippen LogP contribution in [0.2, 0.25) is 0 Å². The van der Waals surface area contributed by atoms with Gasteiger partial charge in [0.2, 0.25) is 5.96 Å². The van der Waals surface area contributed by atoms with Crippen molar-refractivity contribution in [3.05, 3.63) is 17.7 Å². The number of halogens is 1. The Bertz CT molecular complexity index is 411. The third-order valence-corrected chi connectivity index (χ3v) is 3.08. The number of nitrogens with zero attached hydrogens (tertiary/aromatic N) is 3. The molecule has 0 aliphatic carbocycles. The highest BCUT2D eigenvalue weighted by Gasteiger charge is 2.00. The molecule has 0 unspecified atom stereocenters. The summed E-state index contributed by atoms with van der Waals surface area (Å²) in [6.45, 7) is 2.77. The van der Waals surface area contributed by atoms with Crippen LogP contribution < -0.4 is 10.6 Å². The minimum Gasteiger partial charge on any atom is -0.355 e. The van der Waals surface area contributed by atoms with Crippen molar-refractivity contribution in [2.24, 2.45) is 4.99 Å². The van der Waals surface area contributed by atoms with Crippen LogP contribution in [-0.4, -0.2) is 35.3 Å². The second-order valence-electron chi connectivity index (χ2n) is 3.26. The molecule has 0 aliphatic heterocycles. The Morgan fingerprint density at radius 1 is 1.67 bits per heavy atom. The zero-order valence-electron chi connectivity index (χ0n) is 10.4. The van der Waals surface area contributed by atoms with Crippen molar-refractivity contribution in [3.8, 4) is 6.19 Å². The summed E-state index contributed by atoms with van der Waals surface area (Å²) >= 11 is 1.79. The lowest BCUT2D eigenvalue weighted by molar-refractivity contribution is 0.930. The monoisotopic (exact) mass is 380 g/mol. The maximum Gasteiger partial charge on any atom is 0.204 e. The topological polar surface area (TPSA) is 88.9 Å². The number of H-pyrrole nitrogens is 1. The van der Waals surface area contributed by atoms with E-state index in [9.17, 15) is 0 Å². The Hall–Kier alpha value is -0.950. The van der Waals surface area contributed by atoms with Crippen LogP contribution >= 0.6 is 35.7 Å². The molecule has 3 N–H and O–H groups in total. The summed E-state index contributed by atoms with van der Waals surface area (Å²) in [7, 11) is 1.63. The lowest BCUT2D eigenvalue weighted by Crippen LogP contribution is -2.35. The van der Waals surface area contributed by atoms with Crippen LogP contribution in [0.25, 0.3) is 0 Å². The van der Waals surface area contributed by atoms with Gasteiger partial charge in [-0.1, -0.05) is 0 Å². The average Bonchev–Trinajstić information content (AvgIpc) is 2.73. The number of aromatic nitrogens is 2. The van der Waals surface area contributed by atoms with Gasteiger partial charge in [-0.15, -0.1) is 24.0 Å². The van der Waals surface area contributed by atoms with Gasteiger partial charge in [-0.3, -0.25) is 10.3 Å². The maximum absolute atomic E-state index is 8.43. The van der Waals surface area contributed by atoms with E-state index in [2.05, 4.69) is 25.6 Å². The molecule has 0 amide bonds. The Balaban J connectivity index is 0.00000289. The summed E-state index contributed by atoms with van der Waals surface area (Å²) in [4.78, 5) is 11.2. The van der Waals surface area contributed by atoms with Crippen LogP contribution in [0.5, 0.6) is 0 Å². The highest BCUT2D eigenvalue weighted by molar-refractivity contribution is 14.0. The highest BCUT2D eigenvalue weighted by Crippen LogP contribution is 2.11. The van der Waals surface area contributed by atoms with E-state index in [-0.39, 0.29) is 24.0 Å². The third-order valence-electron chi connectivity index (χ3n) is 2.11. The molecular weight excluding hydrogens is 363 g/mol. The van der Waals surface area contributed by atoms with Crippen LogP contribution in [0, 0.1) is 18.4 Å². The molecule has 0 spiro atoms. The number of hydrogen-bond acceptors (Lipinski definition) is 4. The molecule has 0 radical (unpaired) electrons. The summed E-state index contributed by atoms with van der Waals surface area (Å²) in [5.74, 6) is 2.32. The van der Waals surface area contributed by atoms with Crippen molar-refractivity contribution in [3.63, 3.8) is 0 Å². The molecule has 0 saturated carbocycles.